The Balaban J connectivity index is 2.09. The number of anilines is 2. The smallest absolute Gasteiger partial charge is 0.276 e. The minimum Gasteiger partial charge on any atom is -0.396 e. The largest absolute Gasteiger partial charge is 0.396 e. The predicted molar refractivity (Wildman–Crippen MR) is 76.9 cm³/mol. The van der Waals surface area contributed by atoms with E-state index in [0.717, 1.165) is 19.3 Å². The fraction of sp³-hybridized carbons (Fsp3) is 0.615. The number of nitrogens with zero attached hydrogens (tertiary/aromatic N) is 2. The Hall–Kier alpha value is -1.89. The van der Waals surface area contributed by atoms with Gasteiger partial charge in [0.25, 0.3) is 5.69 Å². The maximum Gasteiger partial charge on any atom is 0.276 e. The van der Waals surface area contributed by atoms with Crippen molar-refractivity contribution in [3.63, 3.8) is 0 Å². The summed E-state index contributed by atoms with van der Waals surface area (Å²) in [7, 11) is 0. The Morgan fingerprint density at radius 2 is 2.05 bits per heavy atom. The summed E-state index contributed by atoms with van der Waals surface area (Å²) in [6.07, 6.45) is 2.87. The molecule has 1 aromatic heterocycles. The van der Waals surface area contributed by atoms with Gasteiger partial charge in [-0.15, -0.1) is 0 Å². The van der Waals surface area contributed by atoms with Gasteiger partial charge in [-0.25, -0.2) is 4.98 Å². The molecule has 1 saturated carbocycles. The summed E-state index contributed by atoms with van der Waals surface area (Å²) >= 11 is 0. The van der Waals surface area contributed by atoms with E-state index >= 15 is 0 Å². The Bertz CT molecular complexity index is 489. The van der Waals surface area contributed by atoms with Crippen LogP contribution in [0.4, 0.5) is 17.3 Å². The molecule has 1 heterocycles. The Labute approximate surface area is 117 Å². The van der Waals surface area contributed by atoms with Gasteiger partial charge in [-0.05, 0) is 19.3 Å². The maximum atomic E-state index is 10.9. The van der Waals surface area contributed by atoms with Crippen molar-refractivity contribution < 1.29 is 10.0 Å². The lowest BCUT2D eigenvalue weighted by Crippen LogP contribution is -2.19. The van der Waals surface area contributed by atoms with Gasteiger partial charge in [0.1, 0.15) is 11.6 Å². The minimum atomic E-state index is -0.428. The van der Waals surface area contributed by atoms with Gasteiger partial charge in [-0.3, -0.25) is 10.1 Å². The molecule has 7 nitrogen and oxygen atoms in total. The van der Waals surface area contributed by atoms with E-state index in [9.17, 15) is 15.2 Å². The fourth-order valence-electron chi connectivity index (χ4n) is 1.90. The van der Waals surface area contributed by atoms with Crippen molar-refractivity contribution in [2.75, 3.05) is 30.3 Å². The first kappa shape index (κ1) is 14.5. The zero-order chi connectivity index (χ0) is 14.6. The molecule has 1 fully saturated rings. The number of aliphatic hydroxyl groups excluding tert-OH is 1. The predicted octanol–water partition coefficient (Wildman–Crippen LogP) is 2.00. The van der Waals surface area contributed by atoms with Crippen molar-refractivity contribution in [1.82, 2.24) is 4.98 Å². The number of hydrogen-bond donors (Lipinski definition) is 3. The number of hydrogen-bond acceptors (Lipinski definition) is 6. The van der Waals surface area contributed by atoms with Crippen LogP contribution in [0.3, 0.4) is 0 Å². The minimum absolute atomic E-state index is 0.00921. The van der Waals surface area contributed by atoms with Crippen LogP contribution in [0.2, 0.25) is 0 Å². The highest BCUT2D eigenvalue weighted by Crippen LogP contribution is 2.44. The van der Waals surface area contributed by atoms with Crippen LogP contribution in [-0.2, 0) is 0 Å². The highest BCUT2D eigenvalue weighted by Gasteiger charge is 2.41. The molecule has 0 bridgehead atoms. The van der Waals surface area contributed by atoms with Crippen molar-refractivity contribution in [2.24, 2.45) is 5.41 Å². The van der Waals surface area contributed by atoms with Gasteiger partial charge in [0.05, 0.1) is 23.7 Å². The second kappa shape index (κ2) is 6.04. The first-order valence-electron chi connectivity index (χ1n) is 6.84. The van der Waals surface area contributed by atoms with Crippen molar-refractivity contribution in [1.29, 1.82) is 0 Å². The van der Waals surface area contributed by atoms with Crippen molar-refractivity contribution in [3.05, 3.63) is 22.2 Å². The van der Waals surface area contributed by atoms with Crippen LogP contribution in [-0.4, -0.2) is 34.7 Å². The zero-order valence-corrected chi connectivity index (χ0v) is 11.6. The van der Waals surface area contributed by atoms with E-state index in [2.05, 4.69) is 15.6 Å². The lowest BCUT2D eigenvalue weighted by Gasteiger charge is -2.14. The van der Waals surface area contributed by atoms with E-state index < -0.39 is 4.92 Å². The number of pyridine rings is 1. The average Bonchev–Trinajstić information content (AvgIpc) is 3.23. The summed E-state index contributed by atoms with van der Waals surface area (Å²) in [4.78, 5) is 14.8. The first-order valence-corrected chi connectivity index (χ1v) is 6.84. The van der Waals surface area contributed by atoms with Gasteiger partial charge in [-0.2, -0.15) is 0 Å². The molecule has 20 heavy (non-hydrogen) atoms. The third-order valence-electron chi connectivity index (χ3n) is 3.51. The highest BCUT2D eigenvalue weighted by molar-refractivity contribution is 5.54. The second-order valence-electron chi connectivity index (χ2n) is 5.29. The lowest BCUT2D eigenvalue weighted by atomic mass is 10.1. The van der Waals surface area contributed by atoms with Crippen LogP contribution in [0, 0.1) is 15.5 Å². The molecule has 7 heteroatoms. The standard InChI is InChI=1S/C13H20N4O3/c1-2-5-14-11-6-10(17(19)20)7-12(16-11)15-8-13(9-18)3-4-13/h6-7,18H,2-5,8-9H2,1H3,(H2,14,15,16). The van der Waals surface area contributed by atoms with E-state index in [-0.39, 0.29) is 17.7 Å². The summed E-state index contributed by atoms with van der Waals surface area (Å²) in [6, 6.07) is 2.85. The molecule has 1 aliphatic rings. The fourth-order valence-corrected chi connectivity index (χ4v) is 1.90. The molecule has 0 spiro atoms. The number of aliphatic hydroxyl groups is 1. The molecule has 0 aromatic carbocycles. The van der Waals surface area contributed by atoms with Gasteiger partial charge < -0.3 is 15.7 Å². The molecule has 0 radical (unpaired) electrons. The van der Waals surface area contributed by atoms with Crippen LogP contribution in [0.25, 0.3) is 0 Å². The second-order valence-corrected chi connectivity index (χ2v) is 5.29. The highest BCUT2D eigenvalue weighted by atomic mass is 16.6. The van der Waals surface area contributed by atoms with Crippen LogP contribution in [0.1, 0.15) is 26.2 Å². The van der Waals surface area contributed by atoms with Gasteiger partial charge >= 0.3 is 0 Å². The van der Waals surface area contributed by atoms with Crippen molar-refractivity contribution in [2.45, 2.75) is 26.2 Å². The normalized spacial score (nSPS) is 15.7. The summed E-state index contributed by atoms with van der Waals surface area (Å²) in [5.74, 6) is 0.968. The van der Waals surface area contributed by atoms with Gasteiger partial charge in [0.2, 0.25) is 0 Å². The molecule has 1 aliphatic carbocycles. The van der Waals surface area contributed by atoms with Gasteiger partial charge in [0, 0.05) is 18.5 Å². The van der Waals surface area contributed by atoms with Crippen molar-refractivity contribution >= 4 is 17.3 Å². The average molecular weight is 280 g/mol. The lowest BCUT2D eigenvalue weighted by molar-refractivity contribution is -0.384. The molecule has 110 valence electrons. The van der Waals surface area contributed by atoms with E-state index in [1.165, 1.54) is 12.1 Å². The molecule has 0 aliphatic heterocycles. The van der Waals surface area contributed by atoms with Crippen LogP contribution in [0.15, 0.2) is 12.1 Å². The quantitative estimate of drug-likeness (QED) is 0.497. The summed E-state index contributed by atoms with van der Waals surface area (Å²) < 4.78 is 0. The molecular weight excluding hydrogens is 260 g/mol. The summed E-state index contributed by atoms with van der Waals surface area (Å²) in [5, 5.41) is 26.3. The molecule has 0 unspecified atom stereocenters. The molecule has 0 saturated heterocycles. The SMILES string of the molecule is CCCNc1cc([N+](=O)[O-])cc(NCC2(CO)CC2)n1. The number of nitro groups is 1. The topological polar surface area (TPSA) is 100 Å². The van der Waals surface area contributed by atoms with E-state index in [1.54, 1.807) is 0 Å². The van der Waals surface area contributed by atoms with E-state index in [0.29, 0.717) is 24.7 Å². The number of rotatable bonds is 8. The molecule has 2 rings (SSSR count). The molecule has 3 N–H and O–H groups in total. The maximum absolute atomic E-state index is 10.9. The van der Waals surface area contributed by atoms with Crippen LogP contribution < -0.4 is 10.6 Å². The monoisotopic (exact) mass is 280 g/mol. The summed E-state index contributed by atoms with van der Waals surface area (Å²) in [5.41, 5.74) is -0.0569. The number of aromatic nitrogens is 1. The zero-order valence-electron chi connectivity index (χ0n) is 11.6. The third kappa shape index (κ3) is 3.57. The Morgan fingerprint density at radius 3 is 2.55 bits per heavy atom. The van der Waals surface area contributed by atoms with Gasteiger partial charge in [-0.1, -0.05) is 6.92 Å². The Morgan fingerprint density at radius 1 is 1.40 bits per heavy atom. The van der Waals surface area contributed by atoms with Crippen molar-refractivity contribution in [3.8, 4) is 0 Å². The summed E-state index contributed by atoms with van der Waals surface area (Å²) in [6.45, 7) is 3.45. The third-order valence-corrected chi connectivity index (χ3v) is 3.51. The van der Waals surface area contributed by atoms with E-state index in [4.69, 9.17) is 0 Å². The molecule has 0 amide bonds. The Kier molecular flexibility index (Phi) is 4.39. The van der Waals surface area contributed by atoms with Crippen LogP contribution in [0.5, 0.6) is 0 Å². The van der Waals surface area contributed by atoms with Crippen LogP contribution >= 0.6 is 0 Å². The molecule has 0 atom stereocenters. The van der Waals surface area contributed by atoms with Gasteiger partial charge in [0.15, 0.2) is 0 Å². The molecule has 1 aromatic rings. The van der Waals surface area contributed by atoms with E-state index in [1.807, 2.05) is 6.92 Å². The first-order chi connectivity index (χ1) is 9.58. The number of nitrogens with one attached hydrogen (secondary N) is 2. The molecular formula is C13H20N4O3.